The SMILES string of the molecule is COC[C@@H]1CCCN1C(=N/C=C\CC(C)(C)C)C(C)(C)C. The lowest BCUT2D eigenvalue weighted by Crippen LogP contribution is -2.44. The zero-order valence-corrected chi connectivity index (χ0v) is 15.1. The Bertz CT molecular complexity index is 372. The molecule has 1 aliphatic rings. The van der Waals surface area contributed by atoms with Gasteiger partial charge in [-0.15, -0.1) is 0 Å². The number of likely N-dealkylation sites (tertiary alicyclic amines) is 1. The fourth-order valence-electron chi connectivity index (χ4n) is 2.71. The van der Waals surface area contributed by atoms with Crippen molar-refractivity contribution in [3.63, 3.8) is 0 Å². The lowest BCUT2D eigenvalue weighted by molar-refractivity contribution is 0.141. The van der Waals surface area contributed by atoms with Crippen molar-refractivity contribution in [3.05, 3.63) is 12.3 Å². The number of rotatable bonds is 4. The van der Waals surface area contributed by atoms with E-state index < -0.39 is 0 Å². The highest BCUT2D eigenvalue weighted by atomic mass is 16.5. The molecular formula is C18H34N2O. The lowest BCUT2D eigenvalue weighted by atomic mass is 9.92. The summed E-state index contributed by atoms with van der Waals surface area (Å²) in [6, 6.07) is 0.476. The maximum Gasteiger partial charge on any atom is 0.110 e. The van der Waals surface area contributed by atoms with Crippen LogP contribution in [0.25, 0.3) is 0 Å². The van der Waals surface area contributed by atoms with Gasteiger partial charge in [0, 0.05) is 25.3 Å². The van der Waals surface area contributed by atoms with Crippen LogP contribution in [0.15, 0.2) is 17.3 Å². The normalized spacial score (nSPS) is 21.6. The smallest absolute Gasteiger partial charge is 0.110 e. The Morgan fingerprint density at radius 2 is 1.90 bits per heavy atom. The molecule has 0 unspecified atom stereocenters. The second kappa shape index (κ2) is 7.44. The average Bonchev–Trinajstić information content (AvgIpc) is 2.74. The molecular weight excluding hydrogens is 260 g/mol. The van der Waals surface area contributed by atoms with E-state index in [2.05, 4.69) is 52.5 Å². The zero-order valence-electron chi connectivity index (χ0n) is 15.1. The van der Waals surface area contributed by atoms with E-state index in [1.165, 1.54) is 18.7 Å². The van der Waals surface area contributed by atoms with E-state index in [0.717, 1.165) is 19.6 Å². The number of methoxy groups -OCH3 is 1. The largest absolute Gasteiger partial charge is 0.383 e. The van der Waals surface area contributed by atoms with Gasteiger partial charge in [-0.25, -0.2) is 4.99 Å². The number of ether oxygens (including phenoxy) is 1. The summed E-state index contributed by atoms with van der Waals surface area (Å²) in [5.41, 5.74) is 0.378. The van der Waals surface area contributed by atoms with Crippen LogP contribution in [-0.4, -0.2) is 37.0 Å². The second-order valence-electron chi connectivity index (χ2n) is 8.30. The summed E-state index contributed by atoms with van der Waals surface area (Å²) in [6.07, 6.45) is 7.67. The van der Waals surface area contributed by atoms with E-state index in [1.54, 1.807) is 7.11 Å². The Kier molecular flexibility index (Phi) is 6.45. The first-order valence-corrected chi connectivity index (χ1v) is 8.14. The first-order valence-electron chi connectivity index (χ1n) is 8.14. The molecule has 122 valence electrons. The quantitative estimate of drug-likeness (QED) is 0.563. The van der Waals surface area contributed by atoms with Crippen LogP contribution in [0.5, 0.6) is 0 Å². The van der Waals surface area contributed by atoms with Crippen LogP contribution < -0.4 is 0 Å². The Balaban J connectivity index is 2.86. The van der Waals surface area contributed by atoms with Gasteiger partial charge in [-0.2, -0.15) is 0 Å². The van der Waals surface area contributed by atoms with Crippen molar-refractivity contribution in [3.8, 4) is 0 Å². The van der Waals surface area contributed by atoms with Gasteiger partial charge >= 0.3 is 0 Å². The summed E-state index contributed by atoms with van der Waals surface area (Å²) in [6.45, 7) is 15.4. The van der Waals surface area contributed by atoms with Crippen LogP contribution >= 0.6 is 0 Å². The molecule has 1 atom stereocenters. The van der Waals surface area contributed by atoms with Gasteiger partial charge in [-0.3, -0.25) is 0 Å². The predicted molar refractivity (Wildman–Crippen MR) is 91.7 cm³/mol. The molecule has 0 bridgehead atoms. The standard InChI is InChI=1S/C18H34N2O/c1-17(2,3)11-9-12-19-16(18(4,5)6)20-13-8-10-15(20)14-21-7/h9,12,15H,8,10-11,13-14H2,1-7H3/b12-9-,19-16?/t15-/m0/s1. The molecule has 0 aromatic rings. The van der Waals surface area contributed by atoms with Crippen LogP contribution in [0.1, 0.15) is 60.8 Å². The molecule has 1 aliphatic heterocycles. The number of aliphatic imine (C=N–C) groups is 1. The molecule has 0 N–H and O–H groups in total. The Morgan fingerprint density at radius 3 is 2.43 bits per heavy atom. The van der Waals surface area contributed by atoms with Crippen LogP contribution in [0.3, 0.4) is 0 Å². The van der Waals surface area contributed by atoms with Gasteiger partial charge in [-0.05, 0) is 24.7 Å². The molecule has 0 saturated carbocycles. The first kappa shape index (κ1) is 18.2. The summed E-state index contributed by atoms with van der Waals surface area (Å²) >= 11 is 0. The van der Waals surface area contributed by atoms with Crippen molar-refractivity contribution in [2.75, 3.05) is 20.3 Å². The van der Waals surface area contributed by atoms with E-state index in [-0.39, 0.29) is 5.41 Å². The molecule has 0 aromatic heterocycles. The van der Waals surface area contributed by atoms with Crippen molar-refractivity contribution in [2.24, 2.45) is 15.8 Å². The molecule has 1 fully saturated rings. The van der Waals surface area contributed by atoms with Crippen LogP contribution in [-0.2, 0) is 4.74 Å². The molecule has 1 rings (SSSR count). The van der Waals surface area contributed by atoms with Gasteiger partial charge < -0.3 is 9.64 Å². The Morgan fingerprint density at radius 1 is 1.24 bits per heavy atom. The van der Waals surface area contributed by atoms with E-state index in [0.29, 0.717) is 11.5 Å². The number of hydrogen-bond acceptors (Lipinski definition) is 2. The van der Waals surface area contributed by atoms with Crippen LogP contribution in [0.4, 0.5) is 0 Å². The van der Waals surface area contributed by atoms with Gasteiger partial charge in [0.1, 0.15) is 5.84 Å². The fourth-order valence-corrected chi connectivity index (χ4v) is 2.71. The molecule has 0 amide bonds. The van der Waals surface area contributed by atoms with E-state index in [4.69, 9.17) is 9.73 Å². The number of nitrogens with zero attached hydrogens (tertiary/aromatic N) is 2. The predicted octanol–water partition coefficient (Wildman–Crippen LogP) is 4.49. The number of allylic oxidation sites excluding steroid dienone is 1. The molecule has 3 nitrogen and oxygen atoms in total. The van der Waals surface area contributed by atoms with Crippen molar-refractivity contribution < 1.29 is 4.74 Å². The van der Waals surface area contributed by atoms with Crippen molar-refractivity contribution in [1.29, 1.82) is 0 Å². The van der Waals surface area contributed by atoms with E-state index in [1.807, 2.05) is 6.20 Å². The minimum absolute atomic E-state index is 0.0579. The van der Waals surface area contributed by atoms with E-state index >= 15 is 0 Å². The maximum atomic E-state index is 5.37. The van der Waals surface area contributed by atoms with Crippen LogP contribution in [0.2, 0.25) is 0 Å². The summed E-state index contributed by atoms with van der Waals surface area (Å²) in [7, 11) is 1.79. The molecule has 1 saturated heterocycles. The molecule has 0 radical (unpaired) electrons. The third-order valence-corrected chi connectivity index (χ3v) is 3.71. The molecule has 0 aliphatic carbocycles. The molecule has 3 heteroatoms. The summed E-state index contributed by atoms with van der Waals surface area (Å²) in [5, 5.41) is 0. The fraction of sp³-hybridized carbons (Fsp3) is 0.833. The maximum absolute atomic E-state index is 5.37. The highest BCUT2D eigenvalue weighted by Gasteiger charge is 2.32. The Hall–Kier alpha value is -0.830. The van der Waals surface area contributed by atoms with Gasteiger partial charge in [0.15, 0.2) is 0 Å². The zero-order chi connectivity index (χ0) is 16.1. The molecule has 0 spiro atoms. The van der Waals surface area contributed by atoms with Crippen LogP contribution in [0, 0.1) is 10.8 Å². The van der Waals surface area contributed by atoms with Gasteiger partial charge in [-0.1, -0.05) is 47.6 Å². The summed E-state index contributed by atoms with van der Waals surface area (Å²) < 4.78 is 5.37. The third-order valence-electron chi connectivity index (χ3n) is 3.71. The minimum Gasteiger partial charge on any atom is -0.383 e. The van der Waals surface area contributed by atoms with Crippen molar-refractivity contribution >= 4 is 5.84 Å². The monoisotopic (exact) mass is 294 g/mol. The van der Waals surface area contributed by atoms with Crippen molar-refractivity contribution in [1.82, 2.24) is 4.90 Å². The lowest BCUT2D eigenvalue weighted by Gasteiger charge is -2.34. The van der Waals surface area contributed by atoms with Gasteiger partial charge in [0.05, 0.1) is 12.6 Å². The highest BCUT2D eigenvalue weighted by molar-refractivity contribution is 5.88. The average molecular weight is 294 g/mol. The molecule has 1 heterocycles. The molecule has 0 aromatic carbocycles. The minimum atomic E-state index is 0.0579. The Labute approximate surface area is 131 Å². The van der Waals surface area contributed by atoms with E-state index in [9.17, 15) is 0 Å². The van der Waals surface area contributed by atoms with Gasteiger partial charge in [0.25, 0.3) is 0 Å². The third kappa shape index (κ3) is 6.21. The highest BCUT2D eigenvalue weighted by Crippen LogP contribution is 2.27. The summed E-state index contributed by atoms with van der Waals surface area (Å²) in [4.78, 5) is 7.27. The number of amidine groups is 1. The first-order chi connectivity index (χ1) is 9.65. The van der Waals surface area contributed by atoms with Crippen molar-refractivity contribution in [2.45, 2.75) is 66.8 Å². The number of hydrogen-bond donors (Lipinski definition) is 0. The van der Waals surface area contributed by atoms with Gasteiger partial charge in [0.2, 0.25) is 0 Å². The molecule has 21 heavy (non-hydrogen) atoms. The second-order valence-corrected chi connectivity index (χ2v) is 8.30. The summed E-state index contributed by atoms with van der Waals surface area (Å²) in [5.74, 6) is 1.19. The topological polar surface area (TPSA) is 24.8 Å².